The number of carbonyl (C=O) groups excluding carboxylic acids is 1. The number of hydrogen-bond acceptors (Lipinski definition) is 1. The Hall–Kier alpha value is -0.340. The zero-order chi connectivity index (χ0) is 12.3. The second-order valence-corrected chi connectivity index (χ2v) is 6.18. The number of alkyl halides is 1. The van der Waals surface area contributed by atoms with Crippen LogP contribution in [0.3, 0.4) is 0 Å². The molecule has 1 fully saturated rings. The Kier molecular flexibility index (Phi) is 4.26. The molecule has 0 amide bonds. The van der Waals surface area contributed by atoms with Gasteiger partial charge in [-0.2, -0.15) is 0 Å². The van der Waals surface area contributed by atoms with E-state index in [0.29, 0.717) is 0 Å². The summed E-state index contributed by atoms with van der Waals surface area (Å²) in [5.74, 6) is 0. The second kappa shape index (κ2) is 5.53. The summed E-state index contributed by atoms with van der Waals surface area (Å²) in [7, 11) is 0. The molecule has 3 heteroatoms. The molecule has 0 aliphatic heterocycles. The first-order chi connectivity index (χ1) is 8.19. The summed E-state index contributed by atoms with van der Waals surface area (Å²) in [5, 5.41) is 0.747. The number of rotatable bonds is 3. The maximum atomic E-state index is 11.2. The Morgan fingerprint density at radius 3 is 2.29 bits per heavy atom. The molecular formula is C14H16BrClO. The lowest BCUT2D eigenvalue weighted by Crippen LogP contribution is -2.38. The van der Waals surface area contributed by atoms with Crippen LogP contribution in [0.4, 0.5) is 0 Å². The summed E-state index contributed by atoms with van der Waals surface area (Å²) < 4.78 is 0. The monoisotopic (exact) mass is 314 g/mol. The number of carbonyl (C=O) groups is 1. The molecule has 0 heterocycles. The van der Waals surface area contributed by atoms with Gasteiger partial charge in [0.1, 0.15) is 6.29 Å². The number of aldehydes is 1. The molecule has 2 rings (SSSR count). The van der Waals surface area contributed by atoms with E-state index in [-0.39, 0.29) is 10.2 Å². The van der Waals surface area contributed by atoms with Crippen molar-refractivity contribution in [2.45, 2.75) is 42.3 Å². The summed E-state index contributed by atoms with van der Waals surface area (Å²) in [6, 6.07) is 7.95. The molecule has 92 valence electrons. The van der Waals surface area contributed by atoms with Gasteiger partial charge in [0, 0.05) is 10.4 Å². The zero-order valence-corrected chi connectivity index (χ0v) is 12.0. The molecule has 0 aromatic heterocycles. The smallest absolute Gasteiger partial charge is 0.134 e. The van der Waals surface area contributed by atoms with E-state index < -0.39 is 0 Å². The van der Waals surface area contributed by atoms with Crippen molar-refractivity contribution in [3.8, 4) is 0 Å². The normalized spacial score (nSPS) is 20.8. The molecule has 1 nitrogen and oxygen atoms in total. The van der Waals surface area contributed by atoms with Crippen LogP contribution in [-0.2, 0) is 10.2 Å². The van der Waals surface area contributed by atoms with Crippen molar-refractivity contribution >= 4 is 33.8 Å². The van der Waals surface area contributed by atoms with E-state index >= 15 is 0 Å². The third kappa shape index (κ3) is 2.58. The Morgan fingerprint density at radius 1 is 1.18 bits per heavy atom. The molecule has 1 aromatic rings. The van der Waals surface area contributed by atoms with Crippen molar-refractivity contribution in [1.29, 1.82) is 0 Å². The van der Waals surface area contributed by atoms with Gasteiger partial charge in [-0.3, -0.25) is 0 Å². The number of hydrogen-bond donors (Lipinski definition) is 0. The van der Waals surface area contributed by atoms with Crippen molar-refractivity contribution in [3.63, 3.8) is 0 Å². The molecular weight excluding hydrogens is 300 g/mol. The number of benzene rings is 1. The van der Waals surface area contributed by atoms with E-state index in [1.807, 2.05) is 12.1 Å². The van der Waals surface area contributed by atoms with Crippen LogP contribution in [0.2, 0.25) is 5.02 Å². The van der Waals surface area contributed by atoms with Gasteiger partial charge in [-0.1, -0.05) is 58.9 Å². The predicted octanol–water partition coefficient (Wildman–Crippen LogP) is 4.50. The highest BCUT2D eigenvalue weighted by Crippen LogP contribution is 2.44. The summed E-state index contributed by atoms with van der Waals surface area (Å²) >= 11 is 9.48. The third-order valence-corrected chi connectivity index (χ3v) is 5.16. The standard InChI is InChI=1S/C14H16BrClO/c15-13(10-17)14(8-2-1-3-9-14)11-4-6-12(16)7-5-11/h4-7,10,13H,1-3,8-9H2. The highest BCUT2D eigenvalue weighted by Gasteiger charge is 2.39. The average Bonchev–Trinajstić information content (AvgIpc) is 2.39. The Labute approximate surface area is 116 Å². The SMILES string of the molecule is O=CC(Br)C1(c2ccc(Cl)cc2)CCCCC1. The van der Waals surface area contributed by atoms with Crippen LogP contribution in [0.1, 0.15) is 37.7 Å². The molecule has 0 saturated heterocycles. The second-order valence-electron chi connectivity index (χ2n) is 4.76. The van der Waals surface area contributed by atoms with Gasteiger partial charge in [-0.15, -0.1) is 0 Å². The van der Waals surface area contributed by atoms with E-state index in [1.54, 1.807) is 0 Å². The fourth-order valence-corrected chi connectivity index (χ4v) is 3.67. The van der Waals surface area contributed by atoms with Crippen LogP contribution < -0.4 is 0 Å². The molecule has 1 aromatic carbocycles. The molecule has 0 bridgehead atoms. The fourth-order valence-electron chi connectivity index (χ4n) is 2.82. The molecule has 0 spiro atoms. The van der Waals surface area contributed by atoms with Gasteiger partial charge >= 0.3 is 0 Å². The first kappa shape index (κ1) is 13.1. The predicted molar refractivity (Wildman–Crippen MR) is 75.0 cm³/mol. The van der Waals surface area contributed by atoms with Gasteiger partial charge in [0.05, 0.1) is 4.83 Å². The molecule has 0 radical (unpaired) electrons. The minimum atomic E-state index is -0.100. The lowest BCUT2D eigenvalue weighted by molar-refractivity contribution is -0.108. The molecule has 1 aliphatic carbocycles. The molecule has 0 N–H and O–H groups in total. The minimum absolute atomic E-state index is 0.0371. The van der Waals surface area contributed by atoms with Gasteiger partial charge in [-0.05, 0) is 30.5 Å². The van der Waals surface area contributed by atoms with Crippen LogP contribution >= 0.6 is 27.5 Å². The Bertz CT molecular complexity index is 382. The summed E-state index contributed by atoms with van der Waals surface area (Å²) in [5.41, 5.74) is 1.19. The van der Waals surface area contributed by atoms with Gasteiger partial charge < -0.3 is 4.79 Å². The minimum Gasteiger partial charge on any atom is -0.302 e. The highest BCUT2D eigenvalue weighted by atomic mass is 79.9. The van der Waals surface area contributed by atoms with Crippen LogP contribution in [0, 0.1) is 0 Å². The zero-order valence-electron chi connectivity index (χ0n) is 9.66. The maximum Gasteiger partial charge on any atom is 0.134 e. The first-order valence-electron chi connectivity index (χ1n) is 6.04. The van der Waals surface area contributed by atoms with E-state index in [9.17, 15) is 4.79 Å². The fraction of sp³-hybridized carbons (Fsp3) is 0.500. The Morgan fingerprint density at radius 2 is 1.76 bits per heavy atom. The van der Waals surface area contributed by atoms with Crippen LogP contribution in [0.5, 0.6) is 0 Å². The number of halogens is 2. The molecule has 1 unspecified atom stereocenters. The van der Waals surface area contributed by atoms with E-state index in [1.165, 1.54) is 24.8 Å². The largest absolute Gasteiger partial charge is 0.302 e. The lowest BCUT2D eigenvalue weighted by atomic mass is 9.67. The van der Waals surface area contributed by atoms with Gasteiger partial charge in [0.2, 0.25) is 0 Å². The quantitative estimate of drug-likeness (QED) is 0.593. The third-order valence-electron chi connectivity index (χ3n) is 3.81. The van der Waals surface area contributed by atoms with Crippen molar-refractivity contribution < 1.29 is 4.79 Å². The van der Waals surface area contributed by atoms with Crippen molar-refractivity contribution in [1.82, 2.24) is 0 Å². The lowest BCUT2D eigenvalue weighted by Gasteiger charge is -2.39. The van der Waals surface area contributed by atoms with Gasteiger partial charge in [0.25, 0.3) is 0 Å². The topological polar surface area (TPSA) is 17.1 Å². The van der Waals surface area contributed by atoms with Crippen molar-refractivity contribution in [2.75, 3.05) is 0 Å². The van der Waals surface area contributed by atoms with Gasteiger partial charge in [-0.25, -0.2) is 0 Å². The van der Waals surface area contributed by atoms with E-state index in [2.05, 4.69) is 28.1 Å². The molecule has 17 heavy (non-hydrogen) atoms. The maximum absolute atomic E-state index is 11.2. The first-order valence-corrected chi connectivity index (χ1v) is 7.34. The van der Waals surface area contributed by atoms with Gasteiger partial charge in [0.15, 0.2) is 0 Å². The van der Waals surface area contributed by atoms with Crippen molar-refractivity contribution in [2.24, 2.45) is 0 Å². The average molecular weight is 316 g/mol. The van der Waals surface area contributed by atoms with Crippen molar-refractivity contribution in [3.05, 3.63) is 34.9 Å². The molecule has 1 aliphatic rings. The molecule has 1 atom stereocenters. The van der Waals surface area contributed by atoms with E-state index in [4.69, 9.17) is 11.6 Å². The van der Waals surface area contributed by atoms with Crippen LogP contribution in [-0.4, -0.2) is 11.1 Å². The highest BCUT2D eigenvalue weighted by molar-refractivity contribution is 9.10. The van der Waals surface area contributed by atoms with Crippen LogP contribution in [0.25, 0.3) is 0 Å². The summed E-state index contributed by atoms with van der Waals surface area (Å²) in [4.78, 5) is 11.1. The Balaban J connectivity index is 2.38. The summed E-state index contributed by atoms with van der Waals surface area (Å²) in [6.45, 7) is 0. The molecule has 1 saturated carbocycles. The van der Waals surface area contributed by atoms with Crippen LogP contribution in [0.15, 0.2) is 24.3 Å². The van der Waals surface area contributed by atoms with E-state index in [0.717, 1.165) is 24.2 Å². The summed E-state index contributed by atoms with van der Waals surface area (Å²) in [6.07, 6.45) is 6.83.